The van der Waals surface area contributed by atoms with Crippen molar-refractivity contribution in [2.45, 2.75) is 39.2 Å². The molecule has 1 amide bonds. The molecule has 4 heteroatoms. The maximum Gasteiger partial charge on any atom is 0.408 e. The van der Waals surface area contributed by atoms with Gasteiger partial charge in [-0.2, -0.15) is 0 Å². The summed E-state index contributed by atoms with van der Waals surface area (Å²) in [6, 6.07) is 9.79. The Morgan fingerprint density at radius 1 is 1.16 bits per heavy atom. The summed E-state index contributed by atoms with van der Waals surface area (Å²) in [6.45, 7) is 5.36. The van der Waals surface area contributed by atoms with Gasteiger partial charge in [0.25, 0.3) is 0 Å². The lowest BCUT2D eigenvalue weighted by Gasteiger charge is -2.19. The standard InChI is InChI=1S/C15H21NO3/c1-15(2,3)19-14(18)16-11-13(17)10-9-12-7-5-4-6-8-12/h4-8H,9-11H2,1-3H3,(H,16,18). The Hall–Kier alpha value is -1.84. The van der Waals surface area contributed by atoms with Gasteiger partial charge < -0.3 is 10.1 Å². The molecule has 4 nitrogen and oxygen atoms in total. The molecule has 0 spiro atoms. The molecule has 1 aromatic rings. The number of ether oxygens (including phenoxy) is 1. The number of carbonyl (C=O) groups is 2. The fraction of sp³-hybridized carbons (Fsp3) is 0.467. The van der Waals surface area contributed by atoms with E-state index in [1.807, 2.05) is 30.3 Å². The largest absolute Gasteiger partial charge is 0.444 e. The molecule has 1 N–H and O–H groups in total. The Morgan fingerprint density at radius 3 is 2.37 bits per heavy atom. The molecule has 1 rings (SSSR count). The number of amides is 1. The highest BCUT2D eigenvalue weighted by Gasteiger charge is 2.16. The molecule has 0 saturated carbocycles. The first-order chi connectivity index (χ1) is 8.87. The van der Waals surface area contributed by atoms with E-state index < -0.39 is 11.7 Å². The van der Waals surface area contributed by atoms with E-state index in [1.165, 1.54) is 0 Å². The molecule has 0 aliphatic heterocycles. The first-order valence-corrected chi connectivity index (χ1v) is 6.39. The number of hydrogen-bond acceptors (Lipinski definition) is 3. The predicted octanol–water partition coefficient (Wildman–Crippen LogP) is 2.71. The van der Waals surface area contributed by atoms with Gasteiger partial charge in [-0.05, 0) is 32.8 Å². The van der Waals surface area contributed by atoms with Gasteiger partial charge in [-0.15, -0.1) is 0 Å². The molecule has 1 aromatic carbocycles. The van der Waals surface area contributed by atoms with E-state index in [2.05, 4.69) is 5.32 Å². The van der Waals surface area contributed by atoms with E-state index in [-0.39, 0.29) is 12.3 Å². The number of rotatable bonds is 5. The predicted molar refractivity (Wildman–Crippen MR) is 74.0 cm³/mol. The Kier molecular flexibility index (Phi) is 5.55. The van der Waals surface area contributed by atoms with Crippen LogP contribution in [0.5, 0.6) is 0 Å². The molecule has 0 unspecified atom stereocenters. The zero-order valence-corrected chi connectivity index (χ0v) is 11.7. The highest BCUT2D eigenvalue weighted by molar-refractivity contribution is 5.84. The van der Waals surface area contributed by atoms with Crippen LogP contribution in [0.4, 0.5) is 4.79 Å². The molecule has 0 atom stereocenters. The van der Waals surface area contributed by atoms with Crippen LogP contribution >= 0.6 is 0 Å². The van der Waals surface area contributed by atoms with Gasteiger partial charge in [0, 0.05) is 6.42 Å². The van der Waals surface area contributed by atoms with Crippen LogP contribution in [0.1, 0.15) is 32.8 Å². The number of hydrogen-bond donors (Lipinski definition) is 1. The monoisotopic (exact) mass is 263 g/mol. The molecular formula is C15H21NO3. The topological polar surface area (TPSA) is 55.4 Å². The highest BCUT2D eigenvalue weighted by atomic mass is 16.6. The van der Waals surface area contributed by atoms with E-state index >= 15 is 0 Å². The second-order valence-electron chi connectivity index (χ2n) is 5.38. The molecular weight excluding hydrogens is 242 g/mol. The zero-order chi connectivity index (χ0) is 14.3. The van der Waals surface area contributed by atoms with Crippen molar-refractivity contribution in [2.24, 2.45) is 0 Å². The molecule has 0 saturated heterocycles. The molecule has 0 bridgehead atoms. The average molecular weight is 263 g/mol. The van der Waals surface area contributed by atoms with Crippen molar-refractivity contribution < 1.29 is 14.3 Å². The maximum atomic E-state index is 11.6. The van der Waals surface area contributed by atoms with Crippen LogP contribution < -0.4 is 5.32 Å². The summed E-state index contributed by atoms with van der Waals surface area (Å²) in [4.78, 5) is 23.0. The van der Waals surface area contributed by atoms with Crippen molar-refractivity contribution in [1.82, 2.24) is 5.32 Å². The molecule has 104 valence electrons. The third kappa shape index (κ3) is 7.24. The minimum atomic E-state index is -0.555. The Balaban J connectivity index is 2.23. The number of aryl methyl sites for hydroxylation is 1. The summed E-state index contributed by atoms with van der Waals surface area (Å²) in [5.41, 5.74) is 0.574. The van der Waals surface area contributed by atoms with Crippen LogP contribution in [0, 0.1) is 0 Å². The van der Waals surface area contributed by atoms with Crippen LogP contribution in [-0.4, -0.2) is 24.0 Å². The lowest BCUT2D eigenvalue weighted by molar-refractivity contribution is -0.118. The SMILES string of the molecule is CC(C)(C)OC(=O)NCC(=O)CCc1ccccc1. The summed E-state index contributed by atoms with van der Waals surface area (Å²) in [5.74, 6) is -0.00490. The summed E-state index contributed by atoms with van der Waals surface area (Å²) in [6.07, 6.45) is 0.552. The van der Waals surface area contributed by atoms with Crippen LogP contribution in [-0.2, 0) is 16.0 Å². The van der Waals surface area contributed by atoms with Gasteiger partial charge in [-0.25, -0.2) is 4.79 Å². The molecule has 0 aliphatic rings. The molecule has 0 heterocycles. The number of alkyl carbamates (subject to hydrolysis) is 1. The van der Waals surface area contributed by atoms with E-state index in [4.69, 9.17) is 4.74 Å². The second-order valence-corrected chi connectivity index (χ2v) is 5.38. The summed E-state index contributed by atoms with van der Waals surface area (Å²) in [5, 5.41) is 2.46. The quantitative estimate of drug-likeness (QED) is 0.888. The molecule has 0 aromatic heterocycles. The molecule has 0 fully saturated rings. The van der Waals surface area contributed by atoms with Gasteiger partial charge in [0.15, 0.2) is 5.78 Å². The van der Waals surface area contributed by atoms with Crippen LogP contribution in [0.25, 0.3) is 0 Å². The molecule has 0 aliphatic carbocycles. The fourth-order valence-corrected chi connectivity index (χ4v) is 1.50. The minimum absolute atomic E-state index is 0.00490. The van der Waals surface area contributed by atoms with E-state index in [1.54, 1.807) is 20.8 Å². The summed E-state index contributed by atoms with van der Waals surface area (Å²) < 4.78 is 5.05. The van der Waals surface area contributed by atoms with Crippen molar-refractivity contribution in [2.75, 3.05) is 6.54 Å². The van der Waals surface area contributed by atoms with Gasteiger partial charge in [-0.1, -0.05) is 30.3 Å². The number of benzene rings is 1. The van der Waals surface area contributed by atoms with Crippen molar-refractivity contribution in [1.29, 1.82) is 0 Å². The second kappa shape index (κ2) is 6.92. The highest BCUT2D eigenvalue weighted by Crippen LogP contribution is 2.06. The van der Waals surface area contributed by atoms with Gasteiger partial charge >= 0.3 is 6.09 Å². The number of carbonyl (C=O) groups excluding carboxylic acids is 2. The molecule has 19 heavy (non-hydrogen) atoms. The van der Waals surface area contributed by atoms with Crippen LogP contribution in [0.3, 0.4) is 0 Å². The lowest BCUT2D eigenvalue weighted by atomic mass is 10.1. The fourth-order valence-electron chi connectivity index (χ4n) is 1.50. The van der Waals surface area contributed by atoms with Gasteiger partial charge in [0.2, 0.25) is 0 Å². The van der Waals surface area contributed by atoms with E-state index in [0.717, 1.165) is 5.56 Å². The van der Waals surface area contributed by atoms with E-state index in [9.17, 15) is 9.59 Å². The van der Waals surface area contributed by atoms with Crippen molar-refractivity contribution in [3.05, 3.63) is 35.9 Å². The smallest absolute Gasteiger partial charge is 0.408 e. The van der Waals surface area contributed by atoms with Crippen molar-refractivity contribution >= 4 is 11.9 Å². The molecule has 0 radical (unpaired) electrons. The van der Waals surface area contributed by atoms with Gasteiger partial charge in [0.1, 0.15) is 5.60 Å². The van der Waals surface area contributed by atoms with Crippen molar-refractivity contribution in [3.8, 4) is 0 Å². The van der Waals surface area contributed by atoms with Crippen LogP contribution in [0.15, 0.2) is 30.3 Å². The Bertz CT molecular complexity index is 421. The maximum absolute atomic E-state index is 11.6. The minimum Gasteiger partial charge on any atom is -0.444 e. The zero-order valence-electron chi connectivity index (χ0n) is 11.7. The average Bonchev–Trinajstić information content (AvgIpc) is 2.33. The first kappa shape index (κ1) is 15.2. The third-order valence-electron chi connectivity index (χ3n) is 2.36. The Morgan fingerprint density at radius 2 is 1.79 bits per heavy atom. The lowest BCUT2D eigenvalue weighted by Crippen LogP contribution is -2.35. The number of nitrogens with one attached hydrogen (secondary N) is 1. The first-order valence-electron chi connectivity index (χ1n) is 6.39. The third-order valence-corrected chi connectivity index (χ3v) is 2.36. The Labute approximate surface area is 114 Å². The van der Waals surface area contributed by atoms with Gasteiger partial charge in [-0.3, -0.25) is 4.79 Å². The number of Topliss-reactive ketones (excluding diaryl/α,β-unsaturated/α-hetero) is 1. The van der Waals surface area contributed by atoms with Crippen LogP contribution in [0.2, 0.25) is 0 Å². The summed E-state index contributed by atoms with van der Waals surface area (Å²) >= 11 is 0. The van der Waals surface area contributed by atoms with E-state index in [0.29, 0.717) is 12.8 Å². The summed E-state index contributed by atoms with van der Waals surface area (Å²) in [7, 11) is 0. The van der Waals surface area contributed by atoms with Gasteiger partial charge in [0.05, 0.1) is 6.54 Å². The number of ketones is 1. The van der Waals surface area contributed by atoms with Crippen molar-refractivity contribution in [3.63, 3.8) is 0 Å². The normalized spacial score (nSPS) is 10.9.